The lowest BCUT2D eigenvalue weighted by Crippen LogP contribution is -2.12. The maximum absolute atomic E-state index is 12.9. The first-order valence-electron chi connectivity index (χ1n) is 5.22. The number of benzene rings is 2. The highest BCUT2D eigenvalue weighted by molar-refractivity contribution is 6.34. The van der Waals surface area contributed by atoms with E-state index in [1.165, 1.54) is 30.3 Å². The van der Waals surface area contributed by atoms with Crippen molar-refractivity contribution in [2.24, 2.45) is 0 Å². The zero-order valence-corrected chi connectivity index (χ0v) is 11.0. The number of carbonyl (C=O) groups excluding carboxylic acids is 1. The van der Waals surface area contributed by atoms with Gasteiger partial charge in [-0.3, -0.25) is 4.79 Å². The monoisotopic (exact) mass is 299 g/mol. The Morgan fingerprint density at radius 2 is 1.89 bits per heavy atom. The van der Waals surface area contributed by atoms with E-state index in [-0.39, 0.29) is 22.0 Å². The fraction of sp³-hybridized carbons (Fsp3) is 0. The molecule has 0 aliphatic heterocycles. The van der Waals surface area contributed by atoms with Gasteiger partial charge in [-0.2, -0.15) is 0 Å². The number of hydrogen-bond donors (Lipinski definition) is 2. The Kier molecular flexibility index (Phi) is 3.93. The Morgan fingerprint density at radius 3 is 2.53 bits per heavy atom. The number of hydrogen-bond acceptors (Lipinski definition) is 2. The van der Waals surface area contributed by atoms with E-state index in [0.29, 0.717) is 5.02 Å². The number of anilines is 1. The van der Waals surface area contributed by atoms with Crippen molar-refractivity contribution in [1.82, 2.24) is 0 Å². The molecule has 2 N–H and O–H groups in total. The summed E-state index contributed by atoms with van der Waals surface area (Å²) >= 11 is 11.5. The van der Waals surface area contributed by atoms with Gasteiger partial charge in [0.1, 0.15) is 11.6 Å². The van der Waals surface area contributed by atoms with Crippen LogP contribution in [0.3, 0.4) is 0 Å². The molecule has 0 radical (unpaired) electrons. The fourth-order valence-corrected chi connectivity index (χ4v) is 1.86. The third-order valence-electron chi connectivity index (χ3n) is 2.38. The average molecular weight is 300 g/mol. The molecule has 0 aromatic heterocycles. The van der Waals surface area contributed by atoms with E-state index >= 15 is 0 Å². The highest BCUT2D eigenvalue weighted by Crippen LogP contribution is 2.26. The van der Waals surface area contributed by atoms with Gasteiger partial charge in [-0.15, -0.1) is 0 Å². The van der Waals surface area contributed by atoms with Crippen LogP contribution in [0.5, 0.6) is 5.75 Å². The van der Waals surface area contributed by atoms with Crippen LogP contribution in [0.15, 0.2) is 36.4 Å². The van der Waals surface area contributed by atoms with Crippen molar-refractivity contribution in [2.75, 3.05) is 5.32 Å². The molecule has 0 saturated carbocycles. The van der Waals surface area contributed by atoms with Gasteiger partial charge in [-0.05, 0) is 36.4 Å². The lowest BCUT2D eigenvalue weighted by Gasteiger charge is -2.08. The lowest BCUT2D eigenvalue weighted by atomic mass is 10.2. The van der Waals surface area contributed by atoms with Crippen LogP contribution in [-0.4, -0.2) is 11.0 Å². The minimum atomic E-state index is -0.567. The van der Waals surface area contributed by atoms with Crippen LogP contribution in [0, 0.1) is 5.82 Å². The van der Waals surface area contributed by atoms with Crippen LogP contribution in [0.25, 0.3) is 0 Å². The summed E-state index contributed by atoms with van der Waals surface area (Å²) in [6.45, 7) is 0. The molecule has 2 aromatic rings. The molecule has 1 amide bonds. The minimum Gasteiger partial charge on any atom is -0.507 e. The number of phenols is 1. The summed E-state index contributed by atoms with van der Waals surface area (Å²) < 4.78 is 12.9. The SMILES string of the molecule is O=C(Nc1ccc(F)cc1Cl)c1ccc(Cl)cc1O. The van der Waals surface area contributed by atoms with Crippen LogP contribution in [0.1, 0.15) is 10.4 Å². The molecule has 6 heteroatoms. The number of halogens is 3. The standard InChI is InChI=1S/C13H8Cl2FNO2/c14-7-1-3-9(12(18)5-7)13(19)17-11-4-2-8(16)6-10(11)15/h1-6,18H,(H,17,19). The summed E-state index contributed by atoms with van der Waals surface area (Å²) in [4.78, 5) is 11.9. The van der Waals surface area contributed by atoms with E-state index in [4.69, 9.17) is 23.2 Å². The number of amides is 1. The molecule has 2 rings (SSSR count). The van der Waals surface area contributed by atoms with E-state index in [9.17, 15) is 14.3 Å². The van der Waals surface area contributed by atoms with Crippen molar-refractivity contribution < 1.29 is 14.3 Å². The second-order valence-electron chi connectivity index (χ2n) is 3.74. The molecule has 0 aliphatic rings. The van der Waals surface area contributed by atoms with Crippen LogP contribution >= 0.6 is 23.2 Å². The zero-order valence-electron chi connectivity index (χ0n) is 9.45. The Bertz CT molecular complexity index is 647. The van der Waals surface area contributed by atoms with E-state index in [2.05, 4.69) is 5.32 Å². The summed E-state index contributed by atoms with van der Waals surface area (Å²) in [7, 11) is 0. The molecule has 0 atom stereocenters. The highest BCUT2D eigenvalue weighted by Gasteiger charge is 2.13. The largest absolute Gasteiger partial charge is 0.507 e. The topological polar surface area (TPSA) is 49.3 Å². The maximum Gasteiger partial charge on any atom is 0.259 e. The van der Waals surface area contributed by atoms with Crippen molar-refractivity contribution in [3.8, 4) is 5.75 Å². The quantitative estimate of drug-likeness (QED) is 0.877. The molecule has 2 aromatic carbocycles. The van der Waals surface area contributed by atoms with E-state index in [1.807, 2.05) is 0 Å². The third-order valence-corrected chi connectivity index (χ3v) is 2.93. The maximum atomic E-state index is 12.9. The highest BCUT2D eigenvalue weighted by atomic mass is 35.5. The van der Waals surface area contributed by atoms with Gasteiger partial charge in [-0.1, -0.05) is 23.2 Å². The van der Waals surface area contributed by atoms with Crippen LogP contribution in [0.2, 0.25) is 10.0 Å². The molecule has 0 saturated heterocycles. The minimum absolute atomic E-state index is 0.0461. The van der Waals surface area contributed by atoms with Gasteiger partial charge in [0, 0.05) is 5.02 Å². The van der Waals surface area contributed by atoms with Crippen LogP contribution < -0.4 is 5.32 Å². The van der Waals surface area contributed by atoms with E-state index < -0.39 is 11.7 Å². The predicted molar refractivity (Wildman–Crippen MR) is 72.5 cm³/mol. The van der Waals surface area contributed by atoms with Gasteiger partial charge in [0.15, 0.2) is 0 Å². The first-order chi connectivity index (χ1) is 8.97. The Labute approximate surface area is 118 Å². The Morgan fingerprint density at radius 1 is 1.16 bits per heavy atom. The third kappa shape index (κ3) is 3.16. The number of phenolic OH excluding ortho intramolecular Hbond substituents is 1. The first-order valence-corrected chi connectivity index (χ1v) is 5.98. The number of rotatable bonds is 2. The summed E-state index contributed by atoms with van der Waals surface area (Å²) in [5.74, 6) is -1.32. The van der Waals surface area contributed by atoms with E-state index in [1.54, 1.807) is 0 Å². The second kappa shape index (κ2) is 5.47. The van der Waals surface area contributed by atoms with Gasteiger partial charge in [-0.25, -0.2) is 4.39 Å². The van der Waals surface area contributed by atoms with Crippen molar-refractivity contribution in [1.29, 1.82) is 0 Å². The summed E-state index contributed by atoms with van der Waals surface area (Å²) in [5.41, 5.74) is 0.298. The van der Waals surface area contributed by atoms with Crippen molar-refractivity contribution in [2.45, 2.75) is 0 Å². The smallest absolute Gasteiger partial charge is 0.259 e. The summed E-state index contributed by atoms with van der Waals surface area (Å²) in [5, 5.41) is 12.5. The molecular weight excluding hydrogens is 292 g/mol. The number of nitrogens with one attached hydrogen (secondary N) is 1. The zero-order chi connectivity index (χ0) is 14.0. The molecule has 0 spiro atoms. The van der Waals surface area contributed by atoms with Crippen molar-refractivity contribution >= 4 is 34.8 Å². The molecule has 3 nitrogen and oxygen atoms in total. The fourth-order valence-electron chi connectivity index (χ4n) is 1.48. The van der Waals surface area contributed by atoms with Gasteiger partial charge >= 0.3 is 0 Å². The Hall–Kier alpha value is -1.78. The number of aromatic hydroxyl groups is 1. The van der Waals surface area contributed by atoms with Gasteiger partial charge in [0.25, 0.3) is 5.91 Å². The molecule has 19 heavy (non-hydrogen) atoms. The molecule has 98 valence electrons. The predicted octanol–water partition coefficient (Wildman–Crippen LogP) is 4.09. The molecular formula is C13H8Cl2FNO2. The van der Waals surface area contributed by atoms with Crippen molar-refractivity contribution in [3.63, 3.8) is 0 Å². The van der Waals surface area contributed by atoms with Crippen LogP contribution in [-0.2, 0) is 0 Å². The molecule has 0 bridgehead atoms. The normalized spacial score (nSPS) is 10.3. The number of carbonyl (C=O) groups is 1. The van der Waals surface area contributed by atoms with E-state index in [0.717, 1.165) is 6.07 Å². The molecule has 0 aliphatic carbocycles. The molecule has 0 heterocycles. The van der Waals surface area contributed by atoms with Crippen LogP contribution in [0.4, 0.5) is 10.1 Å². The Balaban J connectivity index is 2.25. The van der Waals surface area contributed by atoms with Gasteiger partial charge in [0.2, 0.25) is 0 Å². The first kappa shape index (κ1) is 13.6. The van der Waals surface area contributed by atoms with Gasteiger partial charge in [0.05, 0.1) is 16.3 Å². The summed E-state index contributed by atoms with van der Waals surface area (Å²) in [6, 6.07) is 7.69. The lowest BCUT2D eigenvalue weighted by molar-refractivity contribution is 0.102. The molecule has 0 unspecified atom stereocenters. The van der Waals surface area contributed by atoms with Crippen molar-refractivity contribution in [3.05, 3.63) is 57.8 Å². The molecule has 0 fully saturated rings. The summed E-state index contributed by atoms with van der Waals surface area (Å²) in [6.07, 6.45) is 0. The van der Waals surface area contributed by atoms with Gasteiger partial charge < -0.3 is 10.4 Å². The second-order valence-corrected chi connectivity index (χ2v) is 4.58. The average Bonchev–Trinajstić information content (AvgIpc) is 2.32.